The number of ketones is 1. The Hall–Kier alpha value is -3.16. The van der Waals surface area contributed by atoms with Gasteiger partial charge in [-0.25, -0.2) is 4.79 Å². The minimum atomic E-state index is -0.820. The standard InChI is InChI=1S/C19H22N6O5S2/c1-3-30-13-7-5-4-6-11(13)21-17-23-24-19(32-17)31-10-12(26)14-15(20)25(8-9-29-2)18(28)22-16(14)27/h4-7H,3,8-10,20H2,1-2H3,(H,21,23)(H,22,27,28). The van der Waals surface area contributed by atoms with Gasteiger partial charge < -0.3 is 20.5 Å². The number of thioether (sulfide) groups is 1. The van der Waals surface area contributed by atoms with Crippen LogP contribution in [0, 0.1) is 0 Å². The molecule has 3 rings (SSSR count). The van der Waals surface area contributed by atoms with Crippen LogP contribution in [0.1, 0.15) is 17.3 Å². The van der Waals surface area contributed by atoms with E-state index in [-0.39, 0.29) is 30.3 Å². The predicted molar refractivity (Wildman–Crippen MR) is 123 cm³/mol. The van der Waals surface area contributed by atoms with Crippen LogP contribution in [0.3, 0.4) is 0 Å². The molecule has 0 unspecified atom stereocenters. The maximum Gasteiger partial charge on any atom is 0.330 e. The van der Waals surface area contributed by atoms with Crippen LogP contribution in [0.2, 0.25) is 0 Å². The van der Waals surface area contributed by atoms with Gasteiger partial charge in [-0.05, 0) is 19.1 Å². The van der Waals surface area contributed by atoms with Crippen molar-refractivity contribution in [1.29, 1.82) is 0 Å². The Balaban J connectivity index is 1.70. The highest BCUT2D eigenvalue weighted by atomic mass is 32.2. The Kier molecular flexibility index (Phi) is 8.03. The van der Waals surface area contributed by atoms with Gasteiger partial charge in [0.15, 0.2) is 10.1 Å². The minimum Gasteiger partial charge on any atom is -0.492 e. The van der Waals surface area contributed by atoms with E-state index < -0.39 is 17.0 Å². The summed E-state index contributed by atoms with van der Waals surface area (Å²) in [5, 5.41) is 11.8. The largest absolute Gasteiger partial charge is 0.492 e. The number of benzene rings is 1. The van der Waals surface area contributed by atoms with Crippen molar-refractivity contribution < 1.29 is 14.3 Å². The molecule has 32 heavy (non-hydrogen) atoms. The van der Waals surface area contributed by atoms with Crippen LogP contribution in [0.25, 0.3) is 0 Å². The number of carbonyl (C=O) groups excluding carboxylic acids is 1. The first kappa shape index (κ1) is 23.5. The number of aromatic nitrogens is 4. The summed E-state index contributed by atoms with van der Waals surface area (Å²) in [6.07, 6.45) is 0. The fourth-order valence-electron chi connectivity index (χ4n) is 2.75. The number of ether oxygens (including phenoxy) is 2. The average molecular weight is 479 g/mol. The second-order valence-electron chi connectivity index (χ2n) is 6.30. The SMILES string of the molecule is CCOc1ccccc1Nc1nnc(SCC(=O)c2c(N)n(CCOC)c(=O)[nH]c2=O)s1. The van der Waals surface area contributed by atoms with Crippen molar-refractivity contribution in [2.24, 2.45) is 0 Å². The van der Waals surface area contributed by atoms with Gasteiger partial charge in [0.05, 0.1) is 31.2 Å². The highest BCUT2D eigenvalue weighted by molar-refractivity contribution is 8.01. The molecule has 1 aromatic carbocycles. The summed E-state index contributed by atoms with van der Waals surface area (Å²) in [7, 11) is 1.47. The molecule has 0 spiro atoms. The lowest BCUT2D eigenvalue weighted by Crippen LogP contribution is -2.37. The Bertz CT molecular complexity index is 1210. The lowest BCUT2D eigenvalue weighted by Gasteiger charge is -2.11. The van der Waals surface area contributed by atoms with Crippen LogP contribution < -0.4 is 27.0 Å². The Labute approximate surface area is 191 Å². The Morgan fingerprint density at radius 1 is 1.31 bits per heavy atom. The summed E-state index contributed by atoms with van der Waals surface area (Å²) < 4.78 is 12.1. The normalized spacial score (nSPS) is 10.8. The van der Waals surface area contributed by atoms with Crippen molar-refractivity contribution in [1.82, 2.24) is 19.7 Å². The molecule has 4 N–H and O–H groups in total. The van der Waals surface area contributed by atoms with Gasteiger partial charge in [0, 0.05) is 7.11 Å². The topological polar surface area (TPSA) is 154 Å². The third-order valence-electron chi connectivity index (χ3n) is 4.20. The molecule has 0 saturated carbocycles. The number of methoxy groups -OCH3 is 1. The zero-order chi connectivity index (χ0) is 23.1. The molecule has 170 valence electrons. The van der Waals surface area contributed by atoms with Crippen molar-refractivity contribution in [2.45, 2.75) is 17.8 Å². The van der Waals surface area contributed by atoms with E-state index in [0.29, 0.717) is 21.8 Å². The van der Waals surface area contributed by atoms with E-state index in [9.17, 15) is 14.4 Å². The Morgan fingerprint density at radius 3 is 2.84 bits per heavy atom. The first-order valence-corrected chi connectivity index (χ1v) is 11.3. The molecule has 0 saturated heterocycles. The van der Waals surface area contributed by atoms with Crippen molar-refractivity contribution in [3.8, 4) is 5.75 Å². The lowest BCUT2D eigenvalue weighted by atomic mass is 10.2. The van der Waals surface area contributed by atoms with E-state index in [1.165, 1.54) is 18.4 Å². The number of nitrogens with one attached hydrogen (secondary N) is 2. The monoisotopic (exact) mass is 478 g/mol. The number of aromatic amines is 1. The summed E-state index contributed by atoms with van der Waals surface area (Å²) in [5.41, 5.74) is 4.90. The number of H-pyrrole nitrogens is 1. The molecule has 0 aliphatic rings. The predicted octanol–water partition coefficient (Wildman–Crippen LogP) is 1.73. The minimum absolute atomic E-state index is 0.0973. The van der Waals surface area contributed by atoms with E-state index in [4.69, 9.17) is 15.2 Å². The Morgan fingerprint density at radius 2 is 2.09 bits per heavy atom. The fraction of sp³-hybridized carbons (Fsp3) is 0.316. The molecule has 0 bridgehead atoms. The van der Waals surface area contributed by atoms with E-state index in [1.54, 1.807) is 0 Å². The molecule has 2 heterocycles. The van der Waals surface area contributed by atoms with Crippen LogP contribution in [0.15, 0.2) is 38.2 Å². The molecular weight excluding hydrogens is 456 g/mol. The van der Waals surface area contributed by atoms with Gasteiger partial charge in [-0.3, -0.25) is 19.1 Å². The van der Waals surface area contributed by atoms with Gasteiger partial charge in [-0.1, -0.05) is 35.2 Å². The van der Waals surface area contributed by atoms with E-state index in [0.717, 1.165) is 22.0 Å². The smallest absolute Gasteiger partial charge is 0.330 e. The molecule has 3 aromatic rings. The summed E-state index contributed by atoms with van der Waals surface area (Å²) in [6.45, 7) is 2.74. The number of Topliss-reactive ketones (excluding diaryl/α,β-unsaturated/α-hetero) is 1. The zero-order valence-electron chi connectivity index (χ0n) is 17.4. The van der Waals surface area contributed by atoms with Gasteiger partial charge in [0.1, 0.15) is 17.1 Å². The molecule has 0 aliphatic carbocycles. The molecule has 0 atom stereocenters. The van der Waals surface area contributed by atoms with Crippen molar-refractivity contribution in [3.63, 3.8) is 0 Å². The molecule has 0 aliphatic heterocycles. The van der Waals surface area contributed by atoms with Crippen molar-refractivity contribution in [3.05, 3.63) is 50.7 Å². The van der Waals surface area contributed by atoms with Crippen LogP contribution in [0.4, 0.5) is 16.6 Å². The van der Waals surface area contributed by atoms with Crippen LogP contribution in [0.5, 0.6) is 5.75 Å². The number of hydrogen-bond donors (Lipinski definition) is 3. The number of nitrogens with two attached hydrogens (primary N) is 1. The number of anilines is 3. The molecule has 0 radical (unpaired) electrons. The number of para-hydroxylation sites is 2. The number of hydrogen-bond acceptors (Lipinski definition) is 11. The highest BCUT2D eigenvalue weighted by Crippen LogP contribution is 2.31. The van der Waals surface area contributed by atoms with Gasteiger partial charge in [-0.15, -0.1) is 10.2 Å². The van der Waals surface area contributed by atoms with Crippen LogP contribution in [-0.2, 0) is 11.3 Å². The number of carbonyl (C=O) groups is 1. The number of nitrogens with zero attached hydrogens (tertiary/aromatic N) is 3. The third-order valence-corrected chi connectivity index (χ3v) is 6.17. The first-order valence-electron chi connectivity index (χ1n) is 9.54. The van der Waals surface area contributed by atoms with Gasteiger partial charge >= 0.3 is 5.69 Å². The summed E-state index contributed by atoms with van der Waals surface area (Å²) in [5.74, 6) is -0.118. The maximum atomic E-state index is 12.7. The molecule has 11 nitrogen and oxygen atoms in total. The van der Waals surface area contributed by atoms with Gasteiger partial charge in [-0.2, -0.15) is 0 Å². The summed E-state index contributed by atoms with van der Waals surface area (Å²) in [4.78, 5) is 38.9. The first-order chi connectivity index (χ1) is 15.4. The second-order valence-corrected chi connectivity index (χ2v) is 8.50. The maximum absolute atomic E-state index is 12.7. The molecule has 0 fully saturated rings. The summed E-state index contributed by atoms with van der Waals surface area (Å²) in [6, 6.07) is 7.44. The van der Waals surface area contributed by atoms with E-state index in [1.807, 2.05) is 31.2 Å². The summed E-state index contributed by atoms with van der Waals surface area (Å²) >= 11 is 2.37. The third kappa shape index (κ3) is 5.55. The molecule has 2 aromatic heterocycles. The number of rotatable bonds is 11. The van der Waals surface area contributed by atoms with Crippen molar-refractivity contribution >= 4 is 45.5 Å². The van der Waals surface area contributed by atoms with Crippen molar-refractivity contribution in [2.75, 3.05) is 37.1 Å². The van der Waals surface area contributed by atoms with E-state index >= 15 is 0 Å². The quantitative estimate of drug-likeness (QED) is 0.274. The molecule has 0 amide bonds. The fourth-order valence-corrected chi connectivity index (χ4v) is 4.38. The van der Waals surface area contributed by atoms with Crippen LogP contribution in [-0.4, -0.2) is 51.6 Å². The zero-order valence-corrected chi connectivity index (χ0v) is 19.0. The second kappa shape index (κ2) is 10.9. The molecular formula is C19H22N6O5S2. The average Bonchev–Trinajstić information content (AvgIpc) is 3.21. The van der Waals surface area contributed by atoms with Gasteiger partial charge in [0.25, 0.3) is 5.56 Å². The number of nitrogen functional groups attached to an aromatic ring is 1. The lowest BCUT2D eigenvalue weighted by molar-refractivity contribution is 0.102. The molecule has 13 heteroatoms. The van der Waals surface area contributed by atoms with Gasteiger partial charge in [0.2, 0.25) is 5.13 Å². The highest BCUT2D eigenvalue weighted by Gasteiger charge is 2.20. The van der Waals surface area contributed by atoms with Crippen LogP contribution >= 0.6 is 23.1 Å². The van der Waals surface area contributed by atoms with E-state index in [2.05, 4.69) is 20.5 Å².